The van der Waals surface area contributed by atoms with E-state index >= 15 is 0 Å². The zero-order valence-corrected chi connectivity index (χ0v) is 28.5. The van der Waals surface area contributed by atoms with Gasteiger partial charge in [-0.15, -0.1) is 0 Å². The maximum absolute atomic E-state index is 14.5. The van der Waals surface area contributed by atoms with Crippen LogP contribution >= 0.6 is 0 Å². The third-order valence-corrected chi connectivity index (χ3v) is 10.2. The third kappa shape index (κ3) is 8.48. The number of amides is 2. The number of nitrogens with one attached hydrogen (secondary N) is 1. The summed E-state index contributed by atoms with van der Waals surface area (Å²) in [6.07, 6.45) is 5.34. The van der Waals surface area contributed by atoms with E-state index in [1.807, 2.05) is 37.3 Å². The molecule has 0 spiro atoms. The average Bonchev–Trinajstić information content (AvgIpc) is 3.10. The maximum atomic E-state index is 14.5. The van der Waals surface area contributed by atoms with Crippen molar-refractivity contribution in [3.05, 3.63) is 72.3 Å². The predicted molar refractivity (Wildman–Crippen MR) is 180 cm³/mol. The molecule has 3 aromatic carbocycles. The van der Waals surface area contributed by atoms with Crippen LogP contribution in [0.15, 0.2) is 71.6 Å². The molecule has 1 fully saturated rings. The summed E-state index contributed by atoms with van der Waals surface area (Å²) in [5.41, 5.74) is 0.896. The Hall–Kier alpha value is -4.45. The zero-order chi connectivity index (χ0) is 34.0. The number of sulfonamides is 1. The first kappa shape index (κ1) is 35.4. The van der Waals surface area contributed by atoms with Crippen molar-refractivity contribution in [3.63, 3.8) is 0 Å². The summed E-state index contributed by atoms with van der Waals surface area (Å²) in [5, 5.41) is 3.16. The molecule has 1 atom stereocenters. The number of carbonyl (C=O) groups is 2. The lowest BCUT2D eigenvalue weighted by molar-refractivity contribution is -0.140. The Bertz CT molecular complexity index is 1610. The van der Waals surface area contributed by atoms with Gasteiger partial charge in [0.1, 0.15) is 24.1 Å². The van der Waals surface area contributed by atoms with E-state index in [1.165, 1.54) is 57.6 Å². The van der Waals surface area contributed by atoms with Gasteiger partial charge >= 0.3 is 0 Å². The molecule has 11 nitrogen and oxygen atoms in total. The molecule has 1 aliphatic rings. The summed E-state index contributed by atoms with van der Waals surface area (Å²) in [7, 11) is 1.30. The average molecular weight is 668 g/mol. The van der Waals surface area contributed by atoms with Gasteiger partial charge in [0.2, 0.25) is 11.8 Å². The summed E-state index contributed by atoms with van der Waals surface area (Å²) >= 11 is 0. The Labute approximate surface area is 277 Å². The second-order valence-electron chi connectivity index (χ2n) is 11.3. The number of carbonyl (C=O) groups excluding carboxylic acids is 2. The molecule has 0 aliphatic heterocycles. The molecule has 0 heterocycles. The fraction of sp³-hybridized carbons (Fsp3) is 0.429. The van der Waals surface area contributed by atoms with Crippen LogP contribution in [-0.4, -0.2) is 72.2 Å². The van der Waals surface area contributed by atoms with Gasteiger partial charge in [0.05, 0.1) is 39.0 Å². The summed E-state index contributed by atoms with van der Waals surface area (Å²) in [6.45, 7) is 1.33. The number of benzene rings is 3. The minimum Gasteiger partial charge on any atom is -0.497 e. The monoisotopic (exact) mass is 667 g/mol. The highest BCUT2D eigenvalue weighted by atomic mass is 32.2. The minimum atomic E-state index is -4.43. The van der Waals surface area contributed by atoms with E-state index in [0.717, 1.165) is 42.0 Å². The molecular weight excluding hydrogens is 622 g/mol. The van der Waals surface area contributed by atoms with E-state index in [-0.39, 0.29) is 40.6 Å². The van der Waals surface area contributed by atoms with Crippen molar-refractivity contribution in [3.8, 4) is 23.0 Å². The van der Waals surface area contributed by atoms with Crippen LogP contribution in [0, 0.1) is 0 Å². The van der Waals surface area contributed by atoms with Gasteiger partial charge in [0, 0.05) is 24.7 Å². The first-order valence-electron chi connectivity index (χ1n) is 15.8. The summed E-state index contributed by atoms with van der Waals surface area (Å²) in [5.74, 6) is 0.301. The molecule has 2 amide bonds. The van der Waals surface area contributed by atoms with Crippen molar-refractivity contribution in [1.82, 2.24) is 10.2 Å². The Morgan fingerprint density at radius 2 is 1.49 bits per heavy atom. The van der Waals surface area contributed by atoms with E-state index in [1.54, 1.807) is 12.1 Å². The normalized spacial score (nSPS) is 14.1. The van der Waals surface area contributed by atoms with E-state index in [9.17, 15) is 18.0 Å². The lowest BCUT2D eigenvalue weighted by Gasteiger charge is -2.34. The van der Waals surface area contributed by atoms with Crippen molar-refractivity contribution in [2.24, 2.45) is 0 Å². The molecule has 1 saturated carbocycles. The van der Waals surface area contributed by atoms with Crippen LogP contribution in [0.25, 0.3) is 0 Å². The summed E-state index contributed by atoms with van der Waals surface area (Å²) < 4.78 is 51.7. The SMILES string of the molecule is CC[C@@H](C(=O)NC1CCCCC1)N(Cc1ccccc1)C(=O)CN(c1cc(OC)ccc1OC)S(=O)(=O)c1ccc(OC)c(OC)c1. The largest absolute Gasteiger partial charge is 0.497 e. The zero-order valence-electron chi connectivity index (χ0n) is 27.7. The van der Waals surface area contributed by atoms with Gasteiger partial charge in [-0.3, -0.25) is 13.9 Å². The molecule has 0 radical (unpaired) electrons. The quantitative estimate of drug-likeness (QED) is 0.236. The molecule has 47 heavy (non-hydrogen) atoms. The fourth-order valence-corrected chi connectivity index (χ4v) is 7.29. The van der Waals surface area contributed by atoms with E-state index in [2.05, 4.69) is 5.32 Å². The molecular formula is C35H45N3O8S. The van der Waals surface area contributed by atoms with Crippen LogP contribution in [0.1, 0.15) is 51.0 Å². The molecule has 254 valence electrons. The predicted octanol–water partition coefficient (Wildman–Crippen LogP) is 5.17. The molecule has 4 rings (SSSR count). The summed E-state index contributed by atoms with van der Waals surface area (Å²) in [6, 6.07) is 17.5. The number of hydrogen-bond donors (Lipinski definition) is 1. The van der Waals surface area contributed by atoms with Crippen molar-refractivity contribution >= 4 is 27.5 Å². The Kier molecular flexibility index (Phi) is 12.4. The van der Waals surface area contributed by atoms with Gasteiger partial charge in [0.15, 0.2) is 11.5 Å². The number of ether oxygens (including phenoxy) is 4. The first-order chi connectivity index (χ1) is 22.7. The number of rotatable bonds is 15. The van der Waals surface area contributed by atoms with Gasteiger partial charge in [-0.2, -0.15) is 0 Å². The van der Waals surface area contributed by atoms with Crippen molar-refractivity contribution < 1.29 is 37.0 Å². The number of anilines is 1. The number of methoxy groups -OCH3 is 4. The lowest BCUT2D eigenvalue weighted by atomic mass is 9.95. The van der Waals surface area contributed by atoms with Gasteiger partial charge in [-0.1, -0.05) is 56.5 Å². The molecule has 12 heteroatoms. The second kappa shape index (κ2) is 16.4. The minimum absolute atomic E-state index is 0.0435. The van der Waals surface area contributed by atoms with Crippen LogP contribution < -0.4 is 28.6 Å². The van der Waals surface area contributed by atoms with Gasteiger partial charge < -0.3 is 29.2 Å². The smallest absolute Gasteiger partial charge is 0.265 e. The van der Waals surface area contributed by atoms with Gasteiger partial charge in [0.25, 0.3) is 10.0 Å². The van der Waals surface area contributed by atoms with Crippen LogP contribution in [0.4, 0.5) is 5.69 Å². The second-order valence-corrected chi connectivity index (χ2v) is 13.2. The number of hydrogen-bond acceptors (Lipinski definition) is 8. The van der Waals surface area contributed by atoms with Crippen molar-refractivity contribution in [2.45, 2.75) is 69.0 Å². The fourth-order valence-electron chi connectivity index (χ4n) is 5.85. The molecule has 3 aromatic rings. The Morgan fingerprint density at radius 1 is 0.830 bits per heavy atom. The molecule has 0 aromatic heterocycles. The Morgan fingerprint density at radius 3 is 2.11 bits per heavy atom. The molecule has 1 N–H and O–H groups in total. The standard InChI is InChI=1S/C35H45N3O8S/c1-6-29(35(40)36-26-15-11-8-12-16-26)37(23-25-13-9-7-10-14-25)34(39)24-38(30-21-27(43-2)17-19-31(30)44-3)47(41,42)28-18-20-32(45-4)33(22-28)46-5/h7,9-10,13-14,17-22,26,29H,6,8,11-12,15-16,23-24H2,1-5H3,(H,36,40)/t29-/m0/s1. The van der Waals surface area contributed by atoms with Gasteiger partial charge in [-0.25, -0.2) is 8.42 Å². The highest BCUT2D eigenvalue weighted by Gasteiger charge is 2.36. The maximum Gasteiger partial charge on any atom is 0.265 e. The highest BCUT2D eigenvalue weighted by Crippen LogP contribution is 2.38. The Balaban J connectivity index is 1.80. The first-order valence-corrected chi connectivity index (χ1v) is 17.2. The van der Waals surface area contributed by atoms with Gasteiger partial charge in [-0.05, 0) is 49.1 Å². The van der Waals surface area contributed by atoms with Crippen LogP contribution in [0.5, 0.6) is 23.0 Å². The number of nitrogens with zero attached hydrogens (tertiary/aromatic N) is 2. The van der Waals surface area contributed by atoms with Crippen molar-refractivity contribution in [1.29, 1.82) is 0 Å². The summed E-state index contributed by atoms with van der Waals surface area (Å²) in [4.78, 5) is 29.6. The van der Waals surface area contributed by atoms with Crippen molar-refractivity contribution in [2.75, 3.05) is 39.3 Å². The van der Waals surface area contributed by atoms with E-state index in [0.29, 0.717) is 17.9 Å². The van der Waals surface area contributed by atoms with E-state index in [4.69, 9.17) is 18.9 Å². The van der Waals surface area contributed by atoms with E-state index < -0.39 is 28.5 Å². The van der Waals surface area contributed by atoms with Crippen LogP contribution in [0.3, 0.4) is 0 Å². The van der Waals surface area contributed by atoms with Crippen LogP contribution in [0.2, 0.25) is 0 Å². The molecule has 0 saturated heterocycles. The third-order valence-electron chi connectivity index (χ3n) is 8.41. The lowest BCUT2D eigenvalue weighted by Crippen LogP contribution is -2.54. The topological polar surface area (TPSA) is 124 Å². The highest BCUT2D eigenvalue weighted by molar-refractivity contribution is 7.92. The molecule has 1 aliphatic carbocycles. The van der Waals surface area contributed by atoms with Crippen LogP contribution in [-0.2, 0) is 26.2 Å². The molecule has 0 bridgehead atoms. The molecule has 0 unspecified atom stereocenters.